The van der Waals surface area contributed by atoms with Crippen LogP contribution in [0.1, 0.15) is 51.9 Å². The third kappa shape index (κ3) is 4.23. The molecule has 12 heteroatoms. The molecular formula is C30H25F5N4O3. The fraction of sp³-hybridized carbons (Fsp3) is 0.333. The van der Waals surface area contributed by atoms with Crippen LogP contribution in [0.2, 0.25) is 0 Å². The molecule has 3 aliphatic rings. The van der Waals surface area contributed by atoms with E-state index in [1.54, 1.807) is 30.3 Å². The molecular weight excluding hydrogens is 559 g/mol. The molecule has 4 atom stereocenters. The van der Waals surface area contributed by atoms with Crippen molar-refractivity contribution in [2.45, 2.75) is 55.3 Å². The molecule has 2 aliphatic heterocycles. The van der Waals surface area contributed by atoms with Crippen LogP contribution >= 0.6 is 0 Å². The summed E-state index contributed by atoms with van der Waals surface area (Å²) >= 11 is 0. The Labute approximate surface area is 237 Å². The number of halogens is 5. The molecule has 7 nitrogen and oxygen atoms in total. The molecule has 3 amide bonds. The fourth-order valence-corrected chi connectivity index (χ4v) is 6.53. The van der Waals surface area contributed by atoms with E-state index in [1.165, 1.54) is 37.4 Å². The van der Waals surface area contributed by atoms with Gasteiger partial charge in [0.25, 0.3) is 11.8 Å². The average Bonchev–Trinajstić information content (AvgIpc) is 3.37. The number of pyridine rings is 1. The SMILES string of the molecule is CC1C(c2ccccc2)CC(NC(=O)c2ccc3c(c2)C(F)(F)C2(C3)C(=O)Nc3ncccc32)C(=O)N1CC(F)(F)F. The number of anilines is 1. The van der Waals surface area contributed by atoms with Crippen LogP contribution in [0.3, 0.4) is 0 Å². The Hall–Kier alpha value is -4.35. The van der Waals surface area contributed by atoms with E-state index in [0.717, 1.165) is 6.07 Å². The Morgan fingerprint density at radius 2 is 1.81 bits per heavy atom. The van der Waals surface area contributed by atoms with Gasteiger partial charge in [-0.25, -0.2) is 4.98 Å². The number of benzene rings is 2. The molecule has 0 bridgehead atoms. The summed E-state index contributed by atoms with van der Waals surface area (Å²) in [5, 5.41) is 4.92. The zero-order valence-corrected chi connectivity index (χ0v) is 22.2. The quantitative estimate of drug-likeness (QED) is 0.436. The molecule has 6 rings (SSSR count). The van der Waals surface area contributed by atoms with E-state index in [9.17, 15) is 27.6 Å². The highest BCUT2D eigenvalue weighted by Gasteiger charge is 2.68. The Balaban J connectivity index is 1.30. The van der Waals surface area contributed by atoms with E-state index in [-0.39, 0.29) is 35.3 Å². The molecule has 1 spiro atoms. The van der Waals surface area contributed by atoms with Crippen LogP contribution in [0.15, 0.2) is 66.9 Å². The van der Waals surface area contributed by atoms with E-state index in [4.69, 9.17) is 0 Å². The third-order valence-electron chi connectivity index (χ3n) is 8.62. The van der Waals surface area contributed by atoms with Gasteiger partial charge in [0.2, 0.25) is 11.8 Å². The minimum absolute atomic E-state index is 0.0261. The monoisotopic (exact) mass is 584 g/mol. The molecule has 1 saturated heterocycles. The normalized spacial score (nSPS) is 26.1. The van der Waals surface area contributed by atoms with E-state index < -0.39 is 65.3 Å². The number of rotatable bonds is 4. The zero-order chi connectivity index (χ0) is 30.0. The number of aromatic nitrogens is 1. The minimum Gasteiger partial charge on any atom is -0.340 e. The molecule has 3 heterocycles. The van der Waals surface area contributed by atoms with Crippen LogP contribution < -0.4 is 10.6 Å². The maximum atomic E-state index is 16.1. The first-order chi connectivity index (χ1) is 19.8. The molecule has 1 aromatic heterocycles. The van der Waals surface area contributed by atoms with E-state index in [2.05, 4.69) is 15.6 Å². The maximum absolute atomic E-state index is 16.1. The number of fused-ring (bicyclic) bond motifs is 3. The lowest BCUT2D eigenvalue weighted by Gasteiger charge is -2.43. The molecule has 1 aliphatic carbocycles. The van der Waals surface area contributed by atoms with Gasteiger partial charge in [-0.15, -0.1) is 0 Å². The lowest BCUT2D eigenvalue weighted by Crippen LogP contribution is -2.59. The predicted molar refractivity (Wildman–Crippen MR) is 141 cm³/mol. The lowest BCUT2D eigenvalue weighted by molar-refractivity contribution is -0.170. The standard InChI is InChI=1S/C30H25F5N4O3/c1-16-20(17-6-3-2-4-7-17)13-23(26(41)39(16)15-29(31,32)33)37-25(40)18-9-10-19-14-28(30(34,35)22(19)12-18)21-8-5-11-36-24(21)38-27(28)42/h2-12,16,20,23H,13-15H2,1H3,(H,37,40)(H,36,38,42). The van der Waals surface area contributed by atoms with Crippen molar-refractivity contribution in [2.24, 2.45) is 0 Å². The van der Waals surface area contributed by atoms with Crippen molar-refractivity contribution in [1.82, 2.24) is 15.2 Å². The molecule has 218 valence electrons. The molecule has 4 unspecified atom stereocenters. The molecule has 0 radical (unpaired) electrons. The second-order valence-electron chi connectivity index (χ2n) is 11.0. The maximum Gasteiger partial charge on any atom is 0.406 e. The van der Waals surface area contributed by atoms with Gasteiger partial charge in [-0.05, 0) is 49.1 Å². The molecule has 1 fully saturated rings. The number of amides is 3. The first-order valence-corrected chi connectivity index (χ1v) is 13.3. The van der Waals surface area contributed by atoms with Crippen LogP contribution in [0.4, 0.5) is 27.8 Å². The van der Waals surface area contributed by atoms with Gasteiger partial charge in [0.15, 0.2) is 0 Å². The molecule has 42 heavy (non-hydrogen) atoms. The number of likely N-dealkylation sites (tertiary alicyclic amines) is 1. The van der Waals surface area contributed by atoms with Gasteiger partial charge in [-0.3, -0.25) is 14.4 Å². The fourth-order valence-electron chi connectivity index (χ4n) is 6.53. The van der Waals surface area contributed by atoms with E-state index in [1.807, 2.05) is 0 Å². The van der Waals surface area contributed by atoms with Gasteiger partial charge in [0.05, 0.1) is 0 Å². The molecule has 0 saturated carbocycles. The number of carbonyl (C=O) groups is 3. The first kappa shape index (κ1) is 27.8. The number of piperidine rings is 1. The summed E-state index contributed by atoms with van der Waals surface area (Å²) in [7, 11) is 0. The number of carbonyl (C=O) groups excluding carboxylic acids is 3. The summed E-state index contributed by atoms with van der Waals surface area (Å²) in [5.74, 6) is -6.86. The minimum atomic E-state index is -4.67. The van der Waals surface area contributed by atoms with Crippen LogP contribution in [-0.4, -0.2) is 52.4 Å². The van der Waals surface area contributed by atoms with E-state index in [0.29, 0.717) is 10.5 Å². The van der Waals surface area contributed by atoms with Gasteiger partial charge < -0.3 is 15.5 Å². The van der Waals surface area contributed by atoms with Crippen molar-refractivity contribution in [1.29, 1.82) is 0 Å². The van der Waals surface area contributed by atoms with Crippen molar-refractivity contribution in [3.05, 3.63) is 94.7 Å². The van der Waals surface area contributed by atoms with E-state index >= 15 is 8.78 Å². The number of hydrogen-bond donors (Lipinski definition) is 2. The summed E-state index contributed by atoms with van der Waals surface area (Å²) in [6.45, 7) is 0.0405. The lowest BCUT2D eigenvalue weighted by atomic mass is 9.76. The highest BCUT2D eigenvalue weighted by molar-refractivity contribution is 6.07. The van der Waals surface area contributed by atoms with Crippen LogP contribution in [0, 0.1) is 0 Å². The number of nitrogens with one attached hydrogen (secondary N) is 2. The number of alkyl halides is 5. The van der Waals surface area contributed by atoms with Crippen LogP contribution in [0.25, 0.3) is 0 Å². The van der Waals surface area contributed by atoms with Gasteiger partial charge >= 0.3 is 6.18 Å². The van der Waals surface area contributed by atoms with Gasteiger partial charge in [-0.2, -0.15) is 22.0 Å². The first-order valence-electron chi connectivity index (χ1n) is 13.3. The topological polar surface area (TPSA) is 91.4 Å². The largest absolute Gasteiger partial charge is 0.406 e. The Kier molecular flexibility index (Phi) is 6.36. The smallest absolute Gasteiger partial charge is 0.340 e. The second-order valence-corrected chi connectivity index (χ2v) is 11.0. The van der Waals surface area contributed by atoms with Gasteiger partial charge in [0, 0.05) is 34.8 Å². The Morgan fingerprint density at radius 1 is 1.07 bits per heavy atom. The van der Waals surface area contributed by atoms with Crippen molar-refractivity contribution in [3.63, 3.8) is 0 Å². The Morgan fingerprint density at radius 3 is 2.52 bits per heavy atom. The average molecular weight is 585 g/mol. The summed E-state index contributed by atoms with van der Waals surface area (Å²) in [4.78, 5) is 44.2. The Bertz CT molecular complexity index is 1600. The molecule has 2 aromatic carbocycles. The summed E-state index contributed by atoms with van der Waals surface area (Å²) in [6.07, 6.45) is -3.57. The highest BCUT2D eigenvalue weighted by atomic mass is 19.4. The highest BCUT2D eigenvalue weighted by Crippen LogP contribution is 2.59. The molecule has 2 N–H and O–H groups in total. The van der Waals surface area contributed by atoms with Crippen molar-refractivity contribution < 1.29 is 36.3 Å². The molecule has 3 aromatic rings. The van der Waals surface area contributed by atoms with Crippen molar-refractivity contribution >= 4 is 23.5 Å². The summed E-state index contributed by atoms with van der Waals surface area (Å²) in [6, 6.07) is 13.1. The van der Waals surface area contributed by atoms with Gasteiger partial charge in [-0.1, -0.05) is 42.5 Å². The second kappa shape index (κ2) is 9.60. The zero-order valence-electron chi connectivity index (χ0n) is 22.2. The number of nitrogens with zero attached hydrogens (tertiary/aromatic N) is 2. The third-order valence-corrected chi connectivity index (χ3v) is 8.62. The van der Waals surface area contributed by atoms with Gasteiger partial charge in [0.1, 0.15) is 23.8 Å². The number of hydrogen-bond acceptors (Lipinski definition) is 4. The van der Waals surface area contributed by atoms with Crippen LogP contribution in [-0.2, 0) is 27.3 Å². The summed E-state index contributed by atoms with van der Waals surface area (Å²) < 4.78 is 72.5. The van der Waals surface area contributed by atoms with Crippen molar-refractivity contribution in [3.8, 4) is 0 Å². The van der Waals surface area contributed by atoms with Crippen molar-refractivity contribution in [2.75, 3.05) is 11.9 Å². The summed E-state index contributed by atoms with van der Waals surface area (Å²) in [5.41, 5.74) is -2.01. The predicted octanol–water partition coefficient (Wildman–Crippen LogP) is 4.68. The van der Waals surface area contributed by atoms with Crippen LogP contribution in [0.5, 0.6) is 0 Å².